The highest BCUT2D eigenvalue weighted by Crippen LogP contribution is 2.19. The minimum atomic E-state index is -0.173. The molecule has 4 nitrogen and oxygen atoms in total. The fourth-order valence-electron chi connectivity index (χ4n) is 2.76. The number of nitrogens with one attached hydrogen (secondary N) is 1. The van der Waals surface area contributed by atoms with Crippen molar-refractivity contribution in [2.24, 2.45) is 17.6 Å². The van der Waals surface area contributed by atoms with Gasteiger partial charge in [0, 0.05) is 6.54 Å². The van der Waals surface area contributed by atoms with Gasteiger partial charge in [-0.2, -0.15) is 0 Å². The highest BCUT2D eigenvalue weighted by Gasteiger charge is 2.27. The third kappa shape index (κ3) is 4.94. The van der Waals surface area contributed by atoms with Crippen molar-refractivity contribution in [3.8, 4) is 0 Å². The van der Waals surface area contributed by atoms with E-state index in [9.17, 15) is 4.79 Å². The van der Waals surface area contributed by atoms with Crippen LogP contribution >= 0.6 is 0 Å². The smallest absolute Gasteiger partial charge is 0.234 e. The molecule has 1 saturated heterocycles. The SMILES string of the molecule is CCC(C(N)=O)N1CCCC(CNCC(C)C)C1. The van der Waals surface area contributed by atoms with E-state index in [1.165, 1.54) is 12.8 Å². The van der Waals surface area contributed by atoms with Crippen LogP contribution < -0.4 is 11.1 Å². The van der Waals surface area contributed by atoms with E-state index >= 15 is 0 Å². The van der Waals surface area contributed by atoms with Crippen LogP contribution in [0.1, 0.15) is 40.0 Å². The molecular formula is C14H29N3O. The zero-order valence-corrected chi connectivity index (χ0v) is 12.1. The number of hydrogen-bond donors (Lipinski definition) is 2. The standard InChI is InChI=1S/C14H29N3O/c1-4-13(14(15)18)17-7-5-6-12(10-17)9-16-8-11(2)3/h11-13,16H,4-10H2,1-3H3,(H2,15,18). The maximum absolute atomic E-state index is 11.4. The fraction of sp³-hybridized carbons (Fsp3) is 0.929. The second kappa shape index (κ2) is 7.74. The van der Waals surface area contributed by atoms with E-state index < -0.39 is 0 Å². The van der Waals surface area contributed by atoms with Crippen LogP contribution in [-0.2, 0) is 4.79 Å². The van der Waals surface area contributed by atoms with Crippen molar-refractivity contribution in [2.75, 3.05) is 26.2 Å². The largest absolute Gasteiger partial charge is 0.368 e. The molecule has 0 aliphatic carbocycles. The van der Waals surface area contributed by atoms with E-state index in [2.05, 4.69) is 24.1 Å². The molecule has 0 bridgehead atoms. The summed E-state index contributed by atoms with van der Waals surface area (Å²) in [6, 6.07) is -0.0714. The van der Waals surface area contributed by atoms with E-state index in [4.69, 9.17) is 5.73 Å². The van der Waals surface area contributed by atoms with Crippen LogP contribution in [0.3, 0.4) is 0 Å². The molecule has 2 unspecified atom stereocenters. The minimum Gasteiger partial charge on any atom is -0.368 e. The summed E-state index contributed by atoms with van der Waals surface area (Å²) < 4.78 is 0. The van der Waals surface area contributed by atoms with Crippen LogP contribution in [0, 0.1) is 11.8 Å². The molecule has 1 aliphatic rings. The first-order valence-corrected chi connectivity index (χ1v) is 7.28. The Morgan fingerprint density at radius 1 is 1.50 bits per heavy atom. The van der Waals surface area contributed by atoms with E-state index in [1.807, 2.05) is 6.92 Å². The van der Waals surface area contributed by atoms with Gasteiger partial charge < -0.3 is 11.1 Å². The molecule has 0 saturated carbocycles. The van der Waals surface area contributed by atoms with Gasteiger partial charge >= 0.3 is 0 Å². The molecule has 1 heterocycles. The molecule has 1 amide bonds. The van der Waals surface area contributed by atoms with E-state index in [0.717, 1.165) is 32.6 Å². The summed E-state index contributed by atoms with van der Waals surface area (Å²) in [5, 5.41) is 3.52. The number of nitrogens with zero attached hydrogens (tertiary/aromatic N) is 1. The van der Waals surface area contributed by atoms with Crippen molar-refractivity contribution < 1.29 is 4.79 Å². The Balaban J connectivity index is 2.38. The van der Waals surface area contributed by atoms with E-state index in [0.29, 0.717) is 11.8 Å². The van der Waals surface area contributed by atoms with Crippen molar-refractivity contribution in [1.29, 1.82) is 0 Å². The first kappa shape index (κ1) is 15.4. The van der Waals surface area contributed by atoms with Gasteiger partial charge in [0.05, 0.1) is 6.04 Å². The molecule has 3 N–H and O–H groups in total. The second-order valence-electron chi connectivity index (χ2n) is 5.88. The summed E-state index contributed by atoms with van der Waals surface area (Å²) in [5.74, 6) is 1.18. The third-order valence-corrected chi connectivity index (χ3v) is 3.69. The topological polar surface area (TPSA) is 58.4 Å². The Morgan fingerprint density at radius 3 is 2.78 bits per heavy atom. The third-order valence-electron chi connectivity index (χ3n) is 3.69. The van der Waals surface area contributed by atoms with Crippen molar-refractivity contribution in [3.05, 3.63) is 0 Å². The van der Waals surface area contributed by atoms with Crippen LogP contribution in [0.4, 0.5) is 0 Å². The maximum Gasteiger partial charge on any atom is 0.234 e. The Bertz CT molecular complexity index is 255. The van der Waals surface area contributed by atoms with Crippen LogP contribution in [0.25, 0.3) is 0 Å². The lowest BCUT2D eigenvalue weighted by Gasteiger charge is -2.36. The number of carbonyl (C=O) groups is 1. The van der Waals surface area contributed by atoms with Gasteiger partial charge in [0.25, 0.3) is 0 Å². The summed E-state index contributed by atoms with van der Waals surface area (Å²) in [6.07, 6.45) is 3.26. The number of piperidine rings is 1. The van der Waals surface area contributed by atoms with Crippen LogP contribution in [0.5, 0.6) is 0 Å². The average molecular weight is 255 g/mol. The molecule has 4 heteroatoms. The van der Waals surface area contributed by atoms with Crippen LogP contribution in [-0.4, -0.2) is 43.0 Å². The molecule has 106 valence electrons. The molecule has 1 rings (SSSR count). The molecule has 18 heavy (non-hydrogen) atoms. The summed E-state index contributed by atoms with van der Waals surface area (Å²) in [5.41, 5.74) is 5.47. The van der Waals surface area contributed by atoms with Crippen LogP contribution in [0.15, 0.2) is 0 Å². The van der Waals surface area contributed by atoms with Crippen molar-refractivity contribution in [1.82, 2.24) is 10.2 Å². The number of carbonyl (C=O) groups excluding carboxylic acids is 1. The first-order chi connectivity index (χ1) is 8.54. The number of rotatable bonds is 7. The molecule has 0 aromatic rings. The minimum absolute atomic E-state index is 0.0714. The normalized spacial score (nSPS) is 23.2. The number of hydrogen-bond acceptors (Lipinski definition) is 3. The quantitative estimate of drug-likeness (QED) is 0.719. The van der Waals surface area contributed by atoms with Gasteiger partial charge in [-0.25, -0.2) is 0 Å². The Kier molecular flexibility index (Phi) is 6.65. The predicted molar refractivity (Wildman–Crippen MR) is 75.3 cm³/mol. The van der Waals surface area contributed by atoms with Crippen molar-refractivity contribution in [3.63, 3.8) is 0 Å². The number of primary amides is 1. The van der Waals surface area contributed by atoms with E-state index in [-0.39, 0.29) is 11.9 Å². The lowest BCUT2D eigenvalue weighted by molar-refractivity contribution is -0.124. The summed E-state index contributed by atoms with van der Waals surface area (Å²) in [6.45, 7) is 10.6. The molecule has 0 aromatic carbocycles. The summed E-state index contributed by atoms with van der Waals surface area (Å²) in [7, 11) is 0. The molecule has 1 fully saturated rings. The van der Waals surface area contributed by atoms with Gasteiger partial charge in [0.15, 0.2) is 0 Å². The molecule has 2 atom stereocenters. The lowest BCUT2D eigenvalue weighted by atomic mass is 9.95. The zero-order valence-electron chi connectivity index (χ0n) is 12.1. The highest BCUT2D eigenvalue weighted by atomic mass is 16.1. The number of nitrogens with two attached hydrogens (primary N) is 1. The van der Waals surface area contributed by atoms with Crippen molar-refractivity contribution >= 4 is 5.91 Å². The maximum atomic E-state index is 11.4. The molecule has 0 radical (unpaired) electrons. The molecule has 0 aromatic heterocycles. The van der Waals surface area contributed by atoms with Gasteiger partial charge in [-0.1, -0.05) is 20.8 Å². The van der Waals surface area contributed by atoms with Gasteiger partial charge in [0.1, 0.15) is 0 Å². The van der Waals surface area contributed by atoms with Gasteiger partial charge in [-0.05, 0) is 50.7 Å². The summed E-state index contributed by atoms with van der Waals surface area (Å²) in [4.78, 5) is 13.7. The molecule has 1 aliphatic heterocycles. The fourth-order valence-corrected chi connectivity index (χ4v) is 2.76. The van der Waals surface area contributed by atoms with Gasteiger partial charge in [-0.15, -0.1) is 0 Å². The Hall–Kier alpha value is -0.610. The summed E-state index contributed by atoms with van der Waals surface area (Å²) >= 11 is 0. The molecule has 0 spiro atoms. The Morgan fingerprint density at radius 2 is 2.22 bits per heavy atom. The number of likely N-dealkylation sites (tertiary alicyclic amines) is 1. The monoisotopic (exact) mass is 255 g/mol. The first-order valence-electron chi connectivity index (χ1n) is 7.28. The predicted octanol–water partition coefficient (Wildman–Crippen LogP) is 1.21. The Labute approximate surface area is 111 Å². The zero-order chi connectivity index (χ0) is 13.5. The van der Waals surface area contributed by atoms with Crippen molar-refractivity contribution in [2.45, 2.75) is 46.1 Å². The average Bonchev–Trinajstić information content (AvgIpc) is 2.29. The van der Waals surface area contributed by atoms with Gasteiger partial charge in [0.2, 0.25) is 5.91 Å². The lowest BCUT2D eigenvalue weighted by Crippen LogP contribution is -2.50. The van der Waals surface area contributed by atoms with Gasteiger partial charge in [-0.3, -0.25) is 9.69 Å². The van der Waals surface area contributed by atoms with Crippen LogP contribution in [0.2, 0.25) is 0 Å². The number of amides is 1. The molecular weight excluding hydrogens is 226 g/mol. The highest BCUT2D eigenvalue weighted by molar-refractivity contribution is 5.79. The second-order valence-corrected chi connectivity index (χ2v) is 5.88. The van der Waals surface area contributed by atoms with E-state index in [1.54, 1.807) is 0 Å².